The third-order valence-electron chi connectivity index (χ3n) is 6.22. The van der Waals surface area contributed by atoms with Crippen LogP contribution in [0.4, 0.5) is 0 Å². The smallest absolute Gasteiger partial charge is 0.217 e. The van der Waals surface area contributed by atoms with Gasteiger partial charge in [0.2, 0.25) is 6.23 Å². The minimum Gasteiger partial charge on any atom is -0.507 e. The number of fused-ring (bicyclic) bond motifs is 3. The molecule has 5 rings (SSSR count). The van der Waals surface area contributed by atoms with E-state index in [9.17, 15) is 5.11 Å². The van der Waals surface area contributed by atoms with Crippen molar-refractivity contribution in [1.29, 1.82) is 0 Å². The van der Waals surface area contributed by atoms with Crippen LogP contribution >= 0.6 is 0 Å². The zero-order chi connectivity index (χ0) is 23.8. The molecule has 0 fully saturated rings. The van der Waals surface area contributed by atoms with E-state index in [4.69, 9.17) is 28.8 Å². The molecule has 0 aromatic heterocycles. The number of aromatic hydroxyl groups is 1. The van der Waals surface area contributed by atoms with Crippen molar-refractivity contribution in [3.8, 4) is 34.5 Å². The van der Waals surface area contributed by atoms with Crippen molar-refractivity contribution in [3.05, 3.63) is 71.3 Å². The number of hydrogen-bond acceptors (Lipinski definition) is 8. The van der Waals surface area contributed by atoms with Crippen LogP contribution in [0.25, 0.3) is 0 Å². The van der Waals surface area contributed by atoms with E-state index in [0.717, 1.165) is 16.8 Å². The number of benzene rings is 3. The molecule has 34 heavy (non-hydrogen) atoms. The standard InChI is InChI=1S/C26H26N2O6/c1-30-15-8-10-22(29)18(12-15)20-14-21-17-6-5-7-24(33-4)25(17)34-26(28(21)27-20)19-13-16(31-2)9-11-23(19)32-3/h5-13,21,26,29H,14H2,1-4H3. The van der Waals surface area contributed by atoms with Crippen molar-refractivity contribution in [3.63, 3.8) is 0 Å². The van der Waals surface area contributed by atoms with Gasteiger partial charge in [-0.25, -0.2) is 5.01 Å². The number of hydrogen-bond donors (Lipinski definition) is 1. The number of ether oxygens (including phenoxy) is 5. The van der Waals surface area contributed by atoms with Crippen LogP contribution in [0.5, 0.6) is 34.5 Å². The topological polar surface area (TPSA) is 82.0 Å². The molecular weight excluding hydrogens is 436 g/mol. The fraction of sp³-hybridized carbons (Fsp3) is 0.269. The fourth-order valence-corrected chi connectivity index (χ4v) is 4.52. The molecule has 8 heteroatoms. The van der Waals surface area contributed by atoms with Crippen molar-refractivity contribution < 1.29 is 28.8 Å². The van der Waals surface area contributed by atoms with Gasteiger partial charge in [0.1, 0.15) is 23.0 Å². The molecule has 0 spiro atoms. The third kappa shape index (κ3) is 3.51. The van der Waals surface area contributed by atoms with E-state index < -0.39 is 6.23 Å². The summed E-state index contributed by atoms with van der Waals surface area (Å²) in [7, 11) is 6.45. The minimum absolute atomic E-state index is 0.139. The SMILES string of the molecule is COc1ccc(O)c(C2=NN3C(C2)c2cccc(OC)c2OC3c2cc(OC)ccc2OC)c1. The first-order valence-corrected chi connectivity index (χ1v) is 10.9. The van der Waals surface area contributed by atoms with Crippen LogP contribution in [0.1, 0.15) is 35.4 Å². The average molecular weight is 463 g/mol. The van der Waals surface area contributed by atoms with E-state index >= 15 is 0 Å². The van der Waals surface area contributed by atoms with Gasteiger partial charge < -0.3 is 28.8 Å². The molecule has 2 heterocycles. The molecule has 0 bridgehead atoms. The predicted octanol–water partition coefficient (Wildman–Crippen LogP) is 4.67. The van der Waals surface area contributed by atoms with Gasteiger partial charge in [0.15, 0.2) is 11.5 Å². The van der Waals surface area contributed by atoms with Gasteiger partial charge in [0.05, 0.1) is 45.8 Å². The van der Waals surface area contributed by atoms with E-state index in [1.807, 2.05) is 41.4 Å². The van der Waals surface area contributed by atoms with E-state index in [-0.39, 0.29) is 11.8 Å². The fourth-order valence-electron chi connectivity index (χ4n) is 4.52. The van der Waals surface area contributed by atoms with Gasteiger partial charge >= 0.3 is 0 Å². The quantitative estimate of drug-likeness (QED) is 0.570. The van der Waals surface area contributed by atoms with Crippen LogP contribution < -0.4 is 23.7 Å². The Morgan fingerprint density at radius 3 is 2.32 bits per heavy atom. The Labute approximate surface area is 197 Å². The van der Waals surface area contributed by atoms with Gasteiger partial charge in [-0.2, -0.15) is 5.10 Å². The highest BCUT2D eigenvalue weighted by atomic mass is 16.5. The summed E-state index contributed by atoms with van der Waals surface area (Å²) in [6.45, 7) is 0. The van der Waals surface area contributed by atoms with Crippen molar-refractivity contribution in [1.82, 2.24) is 5.01 Å². The molecule has 0 saturated carbocycles. The monoisotopic (exact) mass is 462 g/mol. The predicted molar refractivity (Wildman–Crippen MR) is 126 cm³/mol. The average Bonchev–Trinajstić information content (AvgIpc) is 3.33. The van der Waals surface area contributed by atoms with Crippen LogP contribution in [0.3, 0.4) is 0 Å². The van der Waals surface area contributed by atoms with Gasteiger partial charge in [-0.05, 0) is 42.5 Å². The molecule has 0 amide bonds. The molecule has 0 aliphatic carbocycles. The number of phenolic OH excluding ortho intramolecular Hbond substituents is 1. The number of rotatable bonds is 6. The number of para-hydroxylation sites is 1. The number of hydrazone groups is 1. The van der Waals surface area contributed by atoms with Crippen LogP contribution in [0.15, 0.2) is 59.7 Å². The maximum atomic E-state index is 10.6. The Bertz CT molecular complexity index is 1260. The number of nitrogens with zero attached hydrogens (tertiary/aromatic N) is 2. The van der Waals surface area contributed by atoms with E-state index in [1.165, 1.54) is 0 Å². The van der Waals surface area contributed by atoms with Gasteiger partial charge in [-0.3, -0.25) is 0 Å². The first-order chi connectivity index (χ1) is 16.6. The van der Waals surface area contributed by atoms with Crippen molar-refractivity contribution in [2.45, 2.75) is 18.7 Å². The summed E-state index contributed by atoms with van der Waals surface area (Å²) in [5.74, 6) is 3.41. The summed E-state index contributed by atoms with van der Waals surface area (Å²) in [6, 6.07) is 16.4. The molecule has 2 unspecified atom stereocenters. The van der Waals surface area contributed by atoms with Crippen molar-refractivity contribution >= 4 is 5.71 Å². The zero-order valence-electron chi connectivity index (χ0n) is 19.4. The Morgan fingerprint density at radius 1 is 0.853 bits per heavy atom. The molecular formula is C26H26N2O6. The Hall–Kier alpha value is -4.07. The lowest BCUT2D eigenvalue weighted by atomic mass is 9.95. The molecule has 8 nitrogen and oxygen atoms in total. The van der Waals surface area contributed by atoms with Gasteiger partial charge in [0, 0.05) is 17.5 Å². The van der Waals surface area contributed by atoms with Crippen LogP contribution in [0.2, 0.25) is 0 Å². The van der Waals surface area contributed by atoms with Crippen molar-refractivity contribution in [2.75, 3.05) is 28.4 Å². The second-order valence-electron chi connectivity index (χ2n) is 7.99. The minimum atomic E-state index is -0.607. The number of phenols is 1. The summed E-state index contributed by atoms with van der Waals surface area (Å²) < 4.78 is 28.6. The summed E-state index contributed by atoms with van der Waals surface area (Å²) >= 11 is 0. The molecule has 2 atom stereocenters. The molecule has 3 aromatic carbocycles. The lowest BCUT2D eigenvalue weighted by molar-refractivity contribution is -0.0223. The number of methoxy groups -OCH3 is 4. The zero-order valence-corrected chi connectivity index (χ0v) is 19.4. The highest BCUT2D eigenvalue weighted by Crippen LogP contribution is 2.52. The molecule has 0 radical (unpaired) electrons. The Morgan fingerprint density at radius 2 is 1.59 bits per heavy atom. The molecule has 0 saturated heterocycles. The first-order valence-electron chi connectivity index (χ1n) is 10.9. The summed E-state index contributed by atoms with van der Waals surface area (Å²) in [5, 5.41) is 17.4. The van der Waals surface area contributed by atoms with Crippen LogP contribution in [-0.2, 0) is 0 Å². The van der Waals surface area contributed by atoms with Crippen molar-refractivity contribution in [2.24, 2.45) is 5.10 Å². The van der Waals surface area contributed by atoms with Gasteiger partial charge in [-0.15, -0.1) is 0 Å². The van der Waals surface area contributed by atoms with Gasteiger partial charge in [-0.1, -0.05) is 12.1 Å². The highest BCUT2D eigenvalue weighted by molar-refractivity contribution is 6.04. The van der Waals surface area contributed by atoms with E-state index in [1.54, 1.807) is 46.6 Å². The second kappa shape index (κ2) is 8.70. The molecule has 176 valence electrons. The molecule has 2 aliphatic heterocycles. The third-order valence-corrected chi connectivity index (χ3v) is 6.22. The lowest BCUT2D eigenvalue weighted by Crippen LogP contribution is -2.34. The molecule has 1 N–H and O–H groups in total. The second-order valence-corrected chi connectivity index (χ2v) is 7.99. The Balaban J connectivity index is 1.67. The summed E-state index contributed by atoms with van der Waals surface area (Å²) in [4.78, 5) is 0. The summed E-state index contributed by atoms with van der Waals surface area (Å²) in [5.41, 5.74) is 3.07. The largest absolute Gasteiger partial charge is 0.507 e. The van der Waals surface area contributed by atoms with E-state index in [0.29, 0.717) is 40.7 Å². The molecule has 2 aliphatic rings. The first kappa shape index (κ1) is 21.8. The highest BCUT2D eigenvalue weighted by Gasteiger charge is 2.43. The maximum absolute atomic E-state index is 10.6. The summed E-state index contributed by atoms with van der Waals surface area (Å²) in [6.07, 6.45) is -0.0448. The normalized spacial score (nSPS) is 18.4. The van der Waals surface area contributed by atoms with E-state index in [2.05, 4.69) is 0 Å². The van der Waals surface area contributed by atoms with Gasteiger partial charge in [0.25, 0.3) is 0 Å². The maximum Gasteiger partial charge on any atom is 0.217 e. The Kier molecular flexibility index (Phi) is 5.57. The van der Waals surface area contributed by atoms with Crippen LogP contribution in [-0.4, -0.2) is 44.3 Å². The molecule has 3 aromatic rings. The van der Waals surface area contributed by atoms with Crippen LogP contribution in [0, 0.1) is 0 Å². The lowest BCUT2D eigenvalue weighted by Gasteiger charge is -2.39.